The van der Waals surface area contributed by atoms with Gasteiger partial charge in [-0.2, -0.15) is 0 Å². The number of benzene rings is 2. The van der Waals surface area contributed by atoms with E-state index in [9.17, 15) is 5.11 Å². The first-order valence-electron chi connectivity index (χ1n) is 9.89. The summed E-state index contributed by atoms with van der Waals surface area (Å²) < 4.78 is 7.25. The molecule has 0 aliphatic rings. The number of para-hydroxylation sites is 1. The minimum Gasteiger partial charge on any atom is -0.437 e. The Labute approximate surface area is 180 Å². The van der Waals surface area contributed by atoms with Gasteiger partial charge in [-0.25, -0.2) is 9.97 Å². The minimum absolute atomic E-state index is 0.0481. The summed E-state index contributed by atoms with van der Waals surface area (Å²) >= 11 is 1.53. The van der Waals surface area contributed by atoms with Crippen LogP contribution < -0.4 is 10.1 Å². The van der Waals surface area contributed by atoms with E-state index < -0.39 is 6.10 Å². The SMILES string of the molecule is CC(O)c1ccc2nc(Nc3cccnc3Oc3ccccc3C(C)(C)C)sc2c1. The number of aliphatic hydroxyl groups is 1. The van der Waals surface area contributed by atoms with Gasteiger partial charge in [-0.05, 0) is 48.2 Å². The summed E-state index contributed by atoms with van der Waals surface area (Å²) in [7, 11) is 0. The fraction of sp³-hybridized carbons (Fsp3) is 0.250. The maximum atomic E-state index is 9.83. The monoisotopic (exact) mass is 419 g/mol. The number of nitrogens with zero attached hydrogens (tertiary/aromatic N) is 2. The molecule has 0 aliphatic carbocycles. The summed E-state index contributed by atoms with van der Waals surface area (Å²) in [6, 6.07) is 17.6. The molecule has 0 aliphatic heterocycles. The van der Waals surface area contributed by atoms with E-state index in [2.05, 4.69) is 42.1 Å². The van der Waals surface area contributed by atoms with Crippen LogP contribution in [0.2, 0.25) is 0 Å². The largest absolute Gasteiger partial charge is 0.437 e. The standard InChI is InChI=1S/C24H25N3O2S/c1-15(28)16-11-12-18-21(14-16)30-23(26-18)27-19-9-7-13-25-22(19)29-20-10-6-5-8-17(20)24(2,3)4/h5-15,28H,1-4H3,(H,26,27). The number of pyridine rings is 1. The van der Waals surface area contributed by atoms with Crippen molar-refractivity contribution < 1.29 is 9.84 Å². The second kappa shape index (κ2) is 8.05. The molecule has 30 heavy (non-hydrogen) atoms. The molecule has 0 amide bonds. The van der Waals surface area contributed by atoms with E-state index in [0.717, 1.165) is 37.9 Å². The van der Waals surface area contributed by atoms with Crippen LogP contribution in [0.3, 0.4) is 0 Å². The Bertz CT molecular complexity index is 1180. The first-order valence-corrected chi connectivity index (χ1v) is 10.7. The van der Waals surface area contributed by atoms with Crippen molar-refractivity contribution in [2.24, 2.45) is 0 Å². The normalized spacial score (nSPS) is 12.7. The quantitative estimate of drug-likeness (QED) is 0.382. The fourth-order valence-corrected chi connectivity index (χ4v) is 4.14. The molecule has 2 N–H and O–H groups in total. The van der Waals surface area contributed by atoms with Crippen LogP contribution in [-0.4, -0.2) is 15.1 Å². The van der Waals surface area contributed by atoms with Crippen LogP contribution in [0, 0.1) is 0 Å². The Morgan fingerprint density at radius 1 is 1.07 bits per heavy atom. The number of hydrogen-bond acceptors (Lipinski definition) is 6. The molecule has 6 heteroatoms. The van der Waals surface area contributed by atoms with Crippen molar-refractivity contribution in [3.05, 3.63) is 71.9 Å². The second-order valence-corrected chi connectivity index (χ2v) is 9.28. The van der Waals surface area contributed by atoms with Crippen molar-refractivity contribution >= 4 is 32.4 Å². The van der Waals surface area contributed by atoms with Crippen molar-refractivity contribution in [1.82, 2.24) is 9.97 Å². The topological polar surface area (TPSA) is 67.3 Å². The molecule has 4 rings (SSSR count). The highest BCUT2D eigenvalue weighted by Gasteiger charge is 2.20. The van der Waals surface area contributed by atoms with Crippen molar-refractivity contribution in [3.63, 3.8) is 0 Å². The van der Waals surface area contributed by atoms with E-state index in [-0.39, 0.29) is 5.41 Å². The summed E-state index contributed by atoms with van der Waals surface area (Å²) in [6.07, 6.45) is 1.21. The van der Waals surface area contributed by atoms with Gasteiger partial charge in [0.2, 0.25) is 5.88 Å². The van der Waals surface area contributed by atoms with Gasteiger partial charge in [-0.15, -0.1) is 0 Å². The third-order valence-electron chi connectivity index (χ3n) is 4.81. The maximum absolute atomic E-state index is 9.83. The van der Waals surface area contributed by atoms with Crippen LogP contribution in [0.4, 0.5) is 10.8 Å². The van der Waals surface area contributed by atoms with Crippen molar-refractivity contribution in [3.8, 4) is 11.6 Å². The summed E-state index contributed by atoms with van der Waals surface area (Å²) in [4.78, 5) is 9.10. The first kappa shape index (κ1) is 20.3. The molecule has 154 valence electrons. The van der Waals surface area contributed by atoms with Gasteiger partial charge in [-0.1, -0.05) is 56.4 Å². The average molecular weight is 420 g/mol. The molecule has 0 saturated heterocycles. The van der Waals surface area contributed by atoms with Gasteiger partial charge in [0, 0.05) is 11.8 Å². The van der Waals surface area contributed by atoms with Crippen molar-refractivity contribution in [1.29, 1.82) is 0 Å². The zero-order chi connectivity index (χ0) is 21.3. The molecule has 0 bridgehead atoms. The highest BCUT2D eigenvalue weighted by atomic mass is 32.1. The lowest BCUT2D eigenvalue weighted by Gasteiger charge is -2.22. The van der Waals surface area contributed by atoms with Gasteiger partial charge in [0.25, 0.3) is 0 Å². The molecule has 2 heterocycles. The molecule has 0 fully saturated rings. The Kier molecular flexibility index (Phi) is 5.45. The van der Waals surface area contributed by atoms with Gasteiger partial charge in [0.05, 0.1) is 16.3 Å². The van der Waals surface area contributed by atoms with E-state index in [1.165, 1.54) is 11.3 Å². The van der Waals surface area contributed by atoms with Crippen LogP contribution in [-0.2, 0) is 5.41 Å². The third-order valence-corrected chi connectivity index (χ3v) is 5.74. The number of nitrogens with one attached hydrogen (secondary N) is 1. The van der Waals surface area contributed by atoms with Gasteiger partial charge in [-0.3, -0.25) is 0 Å². The van der Waals surface area contributed by atoms with Gasteiger partial charge in [0.1, 0.15) is 11.4 Å². The molecule has 0 saturated carbocycles. The van der Waals surface area contributed by atoms with Crippen LogP contribution in [0.15, 0.2) is 60.8 Å². The summed E-state index contributed by atoms with van der Waals surface area (Å²) in [5.74, 6) is 1.29. The lowest BCUT2D eigenvalue weighted by atomic mass is 9.86. The number of aliphatic hydroxyl groups excluding tert-OH is 1. The van der Waals surface area contributed by atoms with E-state index in [1.54, 1.807) is 13.1 Å². The molecule has 2 aromatic carbocycles. The number of hydrogen-bond donors (Lipinski definition) is 2. The molecule has 1 atom stereocenters. The zero-order valence-electron chi connectivity index (χ0n) is 17.5. The molecule has 2 aromatic heterocycles. The van der Waals surface area contributed by atoms with Crippen LogP contribution in [0.25, 0.3) is 10.2 Å². The lowest BCUT2D eigenvalue weighted by Crippen LogP contribution is -2.12. The van der Waals surface area contributed by atoms with Gasteiger partial charge >= 0.3 is 0 Å². The Morgan fingerprint density at radius 2 is 1.87 bits per heavy atom. The number of aromatic nitrogens is 2. The maximum Gasteiger partial charge on any atom is 0.243 e. The molecular formula is C24H25N3O2S. The van der Waals surface area contributed by atoms with E-state index in [4.69, 9.17) is 4.74 Å². The minimum atomic E-state index is -0.505. The van der Waals surface area contributed by atoms with E-state index in [0.29, 0.717) is 5.88 Å². The number of rotatable bonds is 5. The predicted molar refractivity (Wildman–Crippen MR) is 123 cm³/mol. The van der Waals surface area contributed by atoms with Crippen molar-refractivity contribution in [2.75, 3.05) is 5.32 Å². The Hall–Kier alpha value is -2.96. The summed E-state index contributed by atoms with van der Waals surface area (Å²) in [5, 5.41) is 13.9. The summed E-state index contributed by atoms with van der Waals surface area (Å²) in [5.41, 5.74) is 3.58. The van der Waals surface area contributed by atoms with E-state index in [1.807, 2.05) is 48.5 Å². The zero-order valence-corrected chi connectivity index (χ0v) is 18.3. The van der Waals surface area contributed by atoms with Crippen LogP contribution in [0.1, 0.15) is 44.9 Å². The molecule has 0 radical (unpaired) electrons. The summed E-state index contributed by atoms with van der Waals surface area (Å²) in [6.45, 7) is 8.25. The number of fused-ring (bicyclic) bond motifs is 1. The Balaban J connectivity index is 1.64. The number of thiazole rings is 1. The lowest BCUT2D eigenvalue weighted by molar-refractivity contribution is 0.199. The van der Waals surface area contributed by atoms with Gasteiger partial charge in [0.15, 0.2) is 5.13 Å². The average Bonchev–Trinajstić information content (AvgIpc) is 3.10. The predicted octanol–water partition coefficient (Wildman–Crippen LogP) is 6.58. The number of ether oxygens (including phenoxy) is 1. The molecule has 5 nitrogen and oxygen atoms in total. The smallest absolute Gasteiger partial charge is 0.243 e. The molecular weight excluding hydrogens is 394 g/mol. The Morgan fingerprint density at radius 3 is 2.63 bits per heavy atom. The second-order valence-electron chi connectivity index (χ2n) is 8.25. The fourth-order valence-electron chi connectivity index (χ4n) is 3.22. The van der Waals surface area contributed by atoms with E-state index >= 15 is 0 Å². The highest BCUT2D eigenvalue weighted by molar-refractivity contribution is 7.22. The van der Waals surface area contributed by atoms with Gasteiger partial charge < -0.3 is 15.2 Å². The molecule has 0 spiro atoms. The van der Waals surface area contributed by atoms with Crippen molar-refractivity contribution in [2.45, 2.75) is 39.2 Å². The van der Waals surface area contributed by atoms with Crippen LogP contribution in [0.5, 0.6) is 11.6 Å². The highest BCUT2D eigenvalue weighted by Crippen LogP contribution is 2.37. The third kappa shape index (κ3) is 4.30. The molecule has 1 unspecified atom stereocenters. The molecule has 4 aromatic rings. The number of anilines is 2. The van der Waals surface area contributed by atoms with Crippen LogP contribution >= 0.6 is 11.3 Å². The first-order chi connectivity index (χ1) is 14.3.